The van der Waals surface area contributed by atoms with Crippen molar-refractivity contribution in [3.63, 3.8) is 0 Å². The number of carbonyl (C=O) groups is 1. The van der Waals surface area contributed by atoms with E-state index in [4.69, 9.17) is 0 Å². The monoisotopic (exact) mass is 397 g/mol. The Hall–Kier alpha value is -4.39. The van der Waals surface area contributed by atoms with Crippen molar-refractivity contribution in [3.05, 3.63) is 117 Å². The molecule has 7 heteroatoms. The van der Waals surface area contributed by atoms with Gasteiger partial charge in [0.2, 0.25) is 5.78 Å². The summed E-state index contributed by atoms with van der Waals surface area (Å²) in [5.41, 5.74) is -0.351. The van der Waals surface area contributed by atoms with Gasteiger partial charge >= 0.3 is 11.4 Å². The number of fused-ring (bicyclic) bond motifs is 3. The average Bonchev–Trinajstić information content (AvgIpc) is 3.04. The van der Waals surface area contributed by atoms with E-state index in [1.165, 1.54) is 16.6 Å². The fraction of sp³-hybridized carbons (Fsp3) is 0. The second-order valence-electron chi connectivity index (χ2n) is 6.79. The Morgan fingerprint density at radius 3 is 2.13 bits per heavy atom. The second-order valence-corrected chi connectivity index (χ2v) is 6.79. The Bertz CT molecular complexity index is 1560. The first-order valence-electron chi connectivity index (χ1n) is 9.24. The zero-order valence-electron chi connectivity index (χ0n) is 15.6. The molecule has 2 aromatic heterocycles. The van der Waals surface area contributed by atoms with Crippen LogP contribution in [-0.4, -0.2) is 24.5 Å². The molecular weight excluding hydrogens is 382 g/mol. The maximum Gasteiger partial charge on any atom is 0.357 e. The number of phenols is 1. The van der Waals surface area contributed by atoms with Crippen LogP contribution >= 0.6 is 0 Å². The molecule has 7 nitrogen and oxygen atoms in total. The Labute approximate surface area is 169 Å². The molecule has 146 valence electrons. The maximum absolute atomic E-state index is 13.3. The number of aromatic hydroxyl groups is 1. The quantitative estimate of drug-likeness (QED) is 0.474. The van der Waals surface area contributed by atoms with Gasteiger partial charge in [0.1, 0.15) is 11.4 Å². The van der Waals surface area contributed by atoms with Gasteiger partial charge in [-0.3, -0.25) is 4.79 Å². The van der Waals surface area contributed by atoms with E-state index < -0.39 is 17.2 Å². The van der Waals surface area contributed by atoms with Gasteiger partial charge in [-0.25, -0.2) is 14.2 Å². The number of aromatic nitrogens is 3. The predicted molar refractivity (Wildman–Crippen MR) is 112 cm³/mol. The van der Waals surface area contributed by atoms with Crippen molar-refractivity contribution >= 4 is 16.7 Å². The molecule has 0 bridgehead atoms. The highest BCUT2D eigenvalue weighted by Crippen LogP contribution is 2.22. The standard InChI is InChI=1S/C23H15N3O4/c27-20-13-7-5-11-17(20)21(28)19-14-15-8-4-6-12-18(15)25-22(29)24(23(30)26(19)25)16-9-2-1-3-10-16/h1-14,27H. The predicted octanol–water partition coefficient (Wildman–Crippen LogP) is 2.64. The Balaban J connectivity index is 1.95. The van der Waals surface area contributed by atoms with Crippen LogP contribution in [0, 0.1) is 0 Å². The molecule has 0 unspecified atom stereocenters. The Kier molecular flexibility index (Phi) is 3.89. The summed E-state index contributed by atoms with van der Waals surface area (Å²) in [7, 11) is 0. The molecule has 0 spiro atoms. The fourth-order valence-electron chi connectivity index (χ4n) is 3.64. The van der Waals surface area contributed by atoms with Crippen LogP contribution in [0.4, 0.5) is 0 Å². The minimum Gasteiger partial charge on any atom is -0.507 e. The third kappa shape index (κ3) is 2.49. The molecule has 3 aromatic carbocycles. The van der Waals surface area contributed by atoms with E-state index in [1.54, 1.807) is 72.8 Å². The molecule has 30 heavy (non-hydrogen) atoms. The third-order valence-corrected chi connectivity index (χ3v) is 5.03. The number of rotatable bonds is 3. The van der Waals surface area contributed by atoms with Gasteiger partial charge in [-0.2, -0.15) is 9.03 Å². The van der Waals surface area contributed by atoms with Crippen molar-refractivity contribution in [2.75, 3.05) is 0 Å². The summed E-state index contributed by atoms with van der Waals surface area (Å²) in [6.45, 7) is 0. The van der Waals surface area contributed by atoms with Crippen molar-refractivity contribution in [1.29, 1.82) is 0 Å². The molecule has 1 N–H and O–H groups in total. The van der Waals surface area contributed by atoms with Crippen LogP contribution in [0.15, 0.2) is 94.5 Å². The van der Waals surface area contributed by atoms with Gasteiger partial charge in [-0.15, -0.1) is 0 Å². The molecule has 2 heterocycles. The van der Waals surface area contributed by atoms with Crippen LogP contribution in [0.25, 0.3) is 16.6 Å². The van der Waals surface area contributed by atoms with Crippen LogP contribution in [0.2, 0.25) is 0 Å². The van der Waals surface area contributed by atoms with Gasteiger partial charge in [0.15, 0.2) is 0 Å². The van der Waals surface area contributed by atoms with E-state index in [0.29, 0.717) is 16.6 Å². The summed E-state index contributed by atoms with van der Waals surface area (Å²) in [6, 6.07) is 23.2. The van der Waals surface area contributed by atoms with E-state index in [0.717, 1.165) is 9.08 Å². The minimum absolute atomic E-state index is 0.0213. The maximum atomic E-state index is 13.3. The number of phenolic OH excluding ortho intramolecular Hbond substituents is 1. The molecule has 5 rings (SSSR count). The summed E-state index contributed by atoms with van der Waals surface area (Å²) in [4.78, 5) is 39.9. The number of hydrogen-bond donors (Lipinski definition) is 1. The highest BCUT2D eigenvalue weighted by atomic mass is 16.3. The molecule has 0 atom stereocenters. The van der Waals surface area contributed by atoms with Gasteiger partial charge in [-0.1, -0.05) is 48.5 Å². The summed E-state index contributed by atoms with van der Waals surface area (Å²) in [5, 5.41) is 10.8. The number of carbonyl (C=O) groups excluding carboxylic acids is 1. The highest BCUT2D eigenvalue weighted by Gasteiger charge is 2.23. The molecular formula is C23H15N3O4. The molecule has 0 radical (unpaired) electrons. The first-order valence-corrected chi connectivity index (χ1v) is 9.24. The largest absolute Gasteiger partial charge is 0.507 e. The van der Waals surface area contributed by atoms with Crippen LogP contribution in [0.1, 0.15) is 16.1 Å². The normalized spacial score (nSPS) is 11.2. The summed E-state index contributed by atoms with van der Waals surface area (Å²) in [5.74, 6) is -0.768. The van der Waals surface area contributed by atoms with E-state index in [-0.39, 0.29) is 17.0 Å². The van der Waals surface area contributed by atoms with E-state index >= 15 is 0 Å². The summed E-state index contributed by atoms with van der Waals surface area (Å²) < 4.78 is 3.28. The molecule has 0 saturated heterocycles. The van der Waals surface area contributed by atoms with Gasteiger partial charge in [0, 0.05) is 5.39 Å². The molecule has 0 aliphatic carbocycles. The second kappa shape index (κ2) is 6.59. The van der Waals surface area contributed by atoms with Gasteiger partial charge in [-0.05, 0) is 36.4 Å². The van der Waals surface area contributed by atoms with Crippen molar-refractivity contribution in [1.82, 2.24) is 13.6 Å². The molecule has 5 aromatic rings. The first-order chi connectivity index (χ1) is 14.6. The van der Waals surface area contributed by atoms with Gasteiger partial charge < -0.3 is 5.11 Å². The number of ketones is 1. The summed E-state index contributed by atoms with van der Waals surface area (Å²) in [6.07, 6.45) is 0. The van der Waals surface area contributed by atoms with Crippen LogP contribution in [0.5, 0.6) is 5.75 Å². The van der Waals surface area contributed by atoms with Crippen molar-refractivity contribution < 1.29 is 9.90 Å². The number of benzene rings is 3. The first kappa shape index (κ1) is 17.7. The zero-order valence-corrected chi connectivity index (χ0v) is 15.6. The highest BCUT2D eigenvalue weighted by molar-refractivity contribution is 6.10. The topological polar surface area (TPSA) is 85.2 Å². The third-order valence-electron chi connectivity index (χ3n) is 5.03. The van der Waals surface area contributed by atoms with E-state index in [2.05, 4.69) is 0 Å². The Morgan fingerprint density at radius 2 is 1.37 bits per heavy atom. The fourth-order valence-corrected chi connectivity index (χ4v) is 3.64. The summed E-state index contributed by atoms with van der Waals surface area (Å²) >= 11 is 0. The Morgan fingerprint density at radius 1 is 0.733 bits per heavy atom. The lowest BCUT2D eigenvalue weighted by atomic mass is 10.1. The van der Waals surface area contributed by atoms with E-state index in [9.17, 15) is 19.5 Å². The minimum atomic E-state index is -0.671. The van der Waals surface area contributed by atoms with Crippen molar-refractivity contribution in [3.8, 4) is 11.4 Å². The lowest BCUT2D eigenvalue weighted by molar-refractivity contribution is 0.102. The van der Waals surface area contributed by atoms with Crippen LogP contribution in [-0.2, 0) is 0 Å². The molecule has 0 saturated carbocycles. The zero-order chi connectivity index (χ0) is 20.8. The number of hydrogen-bond acceptors (Lipinski definition) is 4. The average molecular weight is 397 g/mol. The lowest BCUT2D eigenvalue weighted by Crippen LogP contribution is -2.26. The van der Waals surface area contributed by atoms with Gasteiger partial charge in [0.05, 0.1) is 16.8 Å². The molecule has 0 aliphatic heterocycles. The smallest absolute Gasteiger partial charge is 0.357 e. The van der Waals surface area contributed by atoms with E-state index in [1.807, 2.05) is 0 Å². The number of para-hydroxylation sites is 3. The SMILES string of the molecule is O=C(c1ccccc1O)c1cc2ccccc2n2c(=O)n(-c3ccccc3)c(=O)n12. The number of nitrogens with zero attached hydrogens (tertiary/aromatic N) is 3. The van der Waals surface area contributed by atoms with Gasteiger partial charge in [0.25, 0.3) is 0 Å². The lowest BCUT2D eigenvalue weighted by Gasteiger charge is -2.09. The van der Waals surface area contributed by atoms with Crippen LogP contribution < -0.4 is 11.4 Å². The van der Waals surface area contributed by atoms with Crippen molar-refractivity contribution in [2.24, 2.45) is 0 Å². The molecule has 0 aliphatic rings. The molecule has 0 fully saturated rings. The molecule has 0 amide bonds. The van der Waals surface area contributed by atoms with Crippen LogP contribution in [0.3, 0.4) is 0 Å². The van der Waals surface area contributed by atoms with Crippen molar-refractivity contribution in [2.45, 2.75) is 0 Å².